The number of hydrogen-bond acceptors (Lipinski definition) is 2. The fourth-order valence-electron chi connectivity index (χ4n) is 3.49. The normalized spacial score (nSPS) is 10.7. The third-order valence-corrected chi connectivity index (χ3v) is 5.04. The fraction of sp³-hybridized carbons (Fsp3) is 0.400. The van der Waals surface area contributed by atoms with Crippen molar-refractivity contribution in [2.45, 2.75) is 41.5 Å². The number of benzene rings is 2. The van der Waals surface area contributed by atoms with Crippen molar-refractivity contribution in [1.29, 1.82) is 0 Å². The summed E-state index contributed by atoms with van der Waals surface area (Å²) in [7, 11) is 0. The third kappa shape index (κ3) is 4.19. The predicted molar refractivity (Wildman–Crippen MR) is 111 cm³/mol. The van der Waals surface area contributed by atoms with Gasteiger partial charge in [-0.25, -0.2) is 0 Å². The fourth-order valence-corrected chi connectivity index (χ4v) is 4.07. The first-order valence-corrected chi connectivity index (χ1v) is 9.56. The number of aryl methyl sites for hydroxylation is 6. The number of halogens is 1. The molecule has 0 spiro atoms. The molecule has 0 aliphatic carbocycles. The molecular formula is C20H27IN2. The summed E-state index contributed by atoms with van der Waals surface area (Å²) in [5, 5.41) is 3.65. The van der Waals surface area contributed by atoms with Gasteiger partial charge in [0, 0.05) is 11.4 Å². The Bertz CT molecular complexity index is 661. The molecule has 0 radical (unpaired) electrons. The molecule has 0 saturated carbocycles. The zero-order chi connectivity index (χ0) is 17.1. The number of nitrogens with zero attached hydrogens (tertiary/aromatic N) is 1. The molecule has 124 valence electrons. The summed E-state index contributed by atoms with van der Waals surface area (Å²) < 4.78 is 0.958. The summed E-state index contributed by atoms with van der Waals surface area (Å²) in [6.45, 7) is 13.9. The van der Waals surface area contributed by atoms with Crippen LogP contribution >= 0.6 is 22.6 Å². The predicted octanol–water partition coefficient (Wildman–Crippen LogP) is 5.81. The van der Waals surface area contributed by atoms with Crippen molar-refractivity contribution in [3.05, 3.63) is 57.6 Å². The second-order valence-corrected chi connectivity index (χ2v) is 7.20. The van der Waals surface area contributed by atoms with Crippen molar-refractivity contribution in [2.24, 2.45) is 0 Å². The molecule has 0 amide bonds. The van der Waals surface area contributed by atoms with Crippen LogP contribution < -0.4 is 10.2 Å². The molecule has 0 unspecified atom stereocenters. The minimum Gasteiger partial charge on any atom is -0.367 e. The molecule has 0 atom stereocenters. The van der Waals surface area contributed by atoms with Crippen LogP contribution in [0.4, 0.5) is 11.4 Å². The maximum atomic E-state index is 3.65. The Balaban J connectivity index is 2.25. The molecule has 3 heteroatoms. The molecule has 23 heavy (non-hydrogen) atoms. The molecule has 2 rings (SSSR count). The molecular weight excluding hydrogens is 395 g/mol. The Morgan fingerprint density at radius 2 is 1.22 bits per heavy atom. The van der Waals surface area contributed by atoms with Crippen LogP contribution in [-0.2, 0) is 0 Å². The van der Waals surface area contributed by atoms with E-state index in [9.17, 15) is 0 Å². The van der Waals surface area contributed by atoms with Gasteiger partial charge in [0.1, 0.15) is 0 Å². The summed E-state index contributed by atoms with van der Waals surface area (Å²) in [6.07, 6.45) is 0. The molecule has 0 aliphatic heterocycles. The van der Waals surface area contributed by atoms with E-state index in [2.05, 4.69) is 98.6 Å². The summed E-state index contributed by atoms with van der Waals surface area (Å²) in [5.41, 5.74) is 10.6. The van der Waals surface area contributed by atoms with Gasteiger partial charge in [-0.2, -0.15) is 0 Å². The SMILES string of the molecule is Cc1cc(C)c(NCN(CI)c2c(C)cc(C)cc2C)c(C)c1. The van der Waals surface area contributed by atoms with Crippen LogP contribution in [0.5, 0.6) is 0 Å². The molecule has 0 heterocycles. The van der Waals surface area contributed by atoms with Gasteiger partial charge in [0.25, 0.3) is 0 Å². The average molecular weight is 422 g/mol. The Labute approximate surface area is 154 Å². The van der Waals surface area contributed by atoms with Gasteiger partial charge in [0.15, 0.2) is 0 Å². The summed E-state index contributed by atoms with van der Waals surface area (Å²) >= 11 is 2.45. The zero-order valence-corrected chi connectivity index (χ0v) is 17.2. The van der Waals surface area contributed by atoms with Gasteiger partial charge in [0.05, 0.1) is 11.2 Å². The number of anilines is 2. The van der Waals surface area contributed by atoms with E-state index in [4.69, 9.17) is 0 Å². The lowest BCUT2D eigenvalue weighted by molar-refractivity contribution is 0.949. The van der Waals surface area contributed by atoms with Crippen LogP contribution in [0.3, 0.4) is 0 Å². The van der Waals surface area contributed by atoms with E-state index in [-0.39, 0.29) is 0 Å². The van der Waals surface area contributed by atoms with E-state index in [0.29, 0.717) is 0 Å². The summed E-state index contributed by atoms with van der Waals surface area (Å²) in [5.74, 6) is 0. The molecule has 0 fully saturated rings. The van der Waals surface area contributed by atoms with Crippen LogP contribution in [0.25, 0.3) is 0 Å². The Hall–Kier alpha value is -1.23. The first-order chi connectivity index (χ1) is 10.8. The van der Waals surface area contributed by atoms with Crippen LogP contribution in [-0.4, -0.2) is 11.2 Å². The van der Waals surface area contributed by atoms with E-state index >= 15 is 0 Å². The lowest BCUT2D eigenvalue weighted by Crippen LogP contribution is -2.29. The van der Waals surface area contributed by atoms with Gasteiger partial charge >= 0.3 is 0 Å². The molecule has 2 aromatic rings. The monoisotopic (exact) mass is 422 g/mol. The molecule has 2 aromatic carbocycles. The second-order valence-electron chi connectivity index (χ2n) is 6.52. The van der Waals surface area contributed by atoms with E-state index in [0.717, 1.165) is 11.2 Å². The van der Waals surface area contributed by atoms with Crippen LogP contribution in [0, 0.1) is 41.5 Å². The standard InChI is InChI=1S/C20H27IN2/c1-13-7-15(3)19(16(4)8-13)22-12-23(11-21)20-17(5)9-14(2)10-18(20)6/h7-10,22H,11-12H2,1-6H3. The highest BCUT2D eigenvalue weighted by molar-refractivity contribution is 14.1. The molecule has 0 aromatic heterocycles. The van der Waals surface area contributed by atoms with Crippen molar-refractivity contribution in [2.75, 3.05) is 21.4 Å². The van der Waals surface area contributed by atoms with Crippen molar-refractivity contribution < 1.29 is 0 Å². The highest BCUT2D eigenvalue weighted by Gasteiger charge is 2.12. The minimum absolute atomic E-state index is 0.818. The summed E-state index contributed by atoms with van der Waals surface area (Å²) in [4.78, 5) is 2.41. The summed E-state index contributed by atoms with van der Waals surface area (Å²) in [6, 6.07) is 9.02. The third-order valence-electron chi connectivity index (χ3n) is 4.22. The van der Waals surface area contributed by atoms with E-state index in [1.807, 2.05) is 0 Å². The molecule has 0 saturated heterocycles. The number of nitrogens with one attached hydrogen (secondary N) is 1. The second kappa shape index (κ2) is 7.56. The minimum atomic E-state index is 0.818. The van der Waals surface area contributed by atoms with Gasteiger partial charge in [-0.15, -0.1) is 0 Å². The largest absolute Gasteiger partial charge is 0.367 e. The highest BCUT2D eigenvalue weighted by atomic mass is 127. The maximum Gasteiger partial charge on any atom is 0.0884 e. The Morgan fingerprint density at radius 3 is 1.65 bits per heavy atom. The number of alkyl halides is 1. The van der Waals surface area contributed by atoms with Gasteiger partial charge in [-0.05, 0) is 63.8 Å². The lowest BCUT2D eigenvalue weighted by Gasteiger charge is -2.28. The van der Waals surface area contributed by atoms with Crippen molar-refractivity contribution in [3.8, 4) is 0 Å². The quantitative estimate of drug-likeness (QED) is 0.283. The van der Waals surface area contributed by atoms with Crippen LogP contribution in [0.1, 0.15) is 33.4 Å². The zero-order valence-electron chi connectivity index (χ0n) is 15.0. The van der Waals surface area contributed by atoms with E-state index in [1.165, 1.54) is 44.8 Å². The van der Waals surface area contributed by atoms with Crippen molar-refractivity contribution in [3.63, 3.8) is 0 Å². The number of hydrogen-bond donors (Lipinski definition) is 1. The smallest absolute Gasteiger partial charge is 0.0884 e. The molecule has 0 aliphatic rings. The lowest BCUT2D eigenvalue weighted by atomic mass is 10.0. The van der Waals surface area contributed by atoms with E-state index in [1.54, 1.807) is 0 Å². The first kappa shape index (κ1) is 18.1. The Kier molecular flexibility index (Phi) is 5.95. The Morgan fingerprint density at radius 1 is 0.783 bits per heavy atom. The van der Waals surface area contributed by atoms with Crippen LogP contribution in [0.2, 0.25) is 0 Å². The molecule has 1 N–H and O–H groups in total. The first-order valence-electron chi connectivity index (χ1n) is 8.04. The number of rotatable bonds is 5. The van der Waals surface area contributed by atoms with Gasteiger partial charge in [-0.1, -0.05) is 58.0 Å². The topological polar surface area (TPSA) is 15.3 Å². The molecule has 0 bridgehead atoms. The van der Waals surface area contributed by atoms with Gasteiger partial charge in [-0.3, -0.25) is 0 Å². The van der Waals surface area contributed by atoms with Crippen LogP contribution in [0.15, 0.2) is 24.3 Å². The highest BCUT2D eigenvalue weighted by Crippen LogP contribution is 2.28. The van der Waals surface area contributed by atoms with Gasteiger partial charge in [0.2, 0.25) is 0 Å². The maximum absolute atomic E-state index is 3.65. The average Bonchev–Trinajstić information content (AvgIpc) is 2.42. The molecule has 2 nitrogen and oxygen atoms in total. The van der Waals surface area contributed by atoms with Crippen molar-refractivity contribution >= 4 is 34.0 Å². The van der Waals surface area contributed by atoms with Gasteiger partial charge < -0.3 is 10.2 Å². The van der Waals surface area contributed by atoms with E-state index < -0.39 is 0 Å². The van der Waals surface area contributed by atoms with Crippen molar-refractivity contribution in [1.82, 2.24) is 0 Å².